The summed E-state index contributed by atoms with van der Waals surface area (Å²) < 4.78 is 6.40. The lowest BCUT2D eigenvalue weighted by Crippen LogP contribution is -2.25. The maximum Gasteiger partial charge on any atom is 0.406 e. The summed E-state index contributed by atoms with van der Waals surface area (Å²) in [6.45, 7) is 5.40. The number of aryl methyl sites for hydroxylation is 3. The first-order chi connectivity index (χ1) is 7.13. The van der Waals surface area contributed by atoms with Crippen LogP contribution in [0.25, 0.3) is 0 Å². The van der Waals surface area contributed by atoms with Crippen LogP contribution < -0.4 is 5.32 Å². The predicted octanol–water partition coefficient (Wildman–Crippen LogP) is 1.25. The number of rotatable bonds is 4. The number of methoxy groups -OCH3 is 1. The van der Waals surface area contributed by atoms with Crippen LogP contribution in [-0.2, 0) is 11.3 Å². The number of ether oxygens (including phenoxy) is 1. The minimum Gasteiger partial charge on any atom is -0.453 e. The van der Waals surface area contributed by atoms with E-state index in [-0.39, 0.29) is 6.09 Å². The van der Waals surface area contributed by atoms with Crippen LogP contribution in [0, 0.1) is 13.8 Å². The van der Waals surface area contributed by atoms with Gasteiger partial charge in [0.1, 0.15) is 0 Å². The molecule has 0 unspecified atom stereocenters. The van der Waals surface area contributed by atoms with Gasteiger partial charge in [0.25, 0.3) is 0 Å². The van der Waals surface area contributed by atoms with E-state index in [1.807, 2.05) is 24.6 Å². The first kappa shape index (κ1) is 11.6. The third kappa shape index (κ3) is 3.61. The first-order valence-corrected chi connectivity index (χ1v) is 4.96. The van der Waals surface area contributed by atoms with Crippen molar-refractivity contribution in [1.29, 1.82) is 0 Å². The Hall–Kier alpha value is -1.52. The topological polar surface area (TPSA) is 56.1 Å². The molecule has 0 aliphatic heterocycles. The summed E-state index contributed by atoms with van der Waals surface area (Å²) in [6.07, 6.45) is 0.459. The molecule has 0 fully saturated rings. The number of hydrogen-bond acceptors (Lipinski definition) is 3. The monoisotopic (exact) mass is 211 g/mol. The molecule has 1 amide bonds. The standard InChI is InChI=1S/C10H17N3O2/c1-8-7-9(2)13(12-8)6-4-5-11-10(14)15-3/h7H,4-6H2,1-3H3,(H,11,14). The molecule has 1 N–H and O–H groups in total. The Kier molecular flexibility index (Phi) is 4.15. The minimum absolute atomic E-state index is 0.386. The maximum atomic E-state index is 10.7. The van der Waals surface area contributed by atoms with E-state index in [0.717, 1.165) is 24.4 Å². The SMILES string of the molecule is COC(=O)NCCCn1nc(C)cc1C. The fraction of sp³-hybridized carbons (Fsp3) is 0.600. The molecular formula is C10H17N3O2. The third-order valence-corrected chi connectivity index (χ3v) is 2.10. The van der Waals surface area contributed by atoms with Crippen molar-refractivity contribution >= 4 is 6.09 Å². The zero-order chi connectivity index (χ0) is 11.3. The molecule has 0 saturated carbocycles. The molecule has 1 aromatic rings. The highest BCUT2D eigenvalue weighted by atomic mass is 16.5. The molecule has 1 heterocycles. The van der Waals surface area contributed by atoms with E-state index >= 15 is 0 Å². The Bertz CT molecular complexity index is 333. The van der Waals surface area contributed by atoms with Gasteiger partial charge in [-0.05, 0) is 26.3 Å². The maximum absolute atomic E-state index is 10.7. The molecule has 0 aromatic carbocycles. The van der Waals surface area contributed by atoms with Crippen molar-refractivity contribution in [2.24, 2.45) is 0 Å². The average Bonchev–Trinajstić information content (AvgIpc) is 2.52. The number of aromatic nitrogens is 2. The minimum atomic E-state index is -0.386. The van der Waals surface area contributed by atoms with Crippen LogP contribution in [0.2, 0.25) is 0 Å². The van der Waals surface area contributed by atoms with E-state index in [0.29, 0.717) is 6.54 Å². The van der Waals surface area contributed by atoms with Crippen molar-refractivity contribution in [3.05, 3.63) is 17.5 Å². The predicted molar refractivity (Wildman–Crippen MR) is 56.7 cm³/mol. The number of nitrogens with zero attached hydrogens (tertiary/aromatic N) is 2. The smallest absolute Gasteiger partial charge is 0.406 e. The molecule has 1 rings (SSSR count). The van der Waals surface area contributed by atoms with Gasteiger partial charge in [0.2, 0.25) is 0 Å². The molecule has 0 bridgehead atoms. The van der Waals surface area contributed by atoms with Gasteiger partial charge in [-0.2, -0.15) is 5.10 Å². The molecule has 0 saturated heterocycles. The van der Waals surface area contributed by atoms with Crippen molar-refractivity contribution in [3.63, 3.8) is 0 Å². The quantitative estimate of drug-likeness (QED) is 0.762. The lowest BCUT2D eigenvalue weighted by Gasteiger charge is -2.05. The van der Waals surface area contributed by atoms with Gasteiger partial charge in [-0.25, -0.2) is 4.79 Å². The lowest BCUT2D eigenvalue weighted by molar-refractivity contribution is 0.170. The van der Waals surface area contributed by atoms with Crippen LogP contribution in [0.3, 0.4) is 0 Å². The average molecular weight is 211 g/mol. The van der Waals surface area contributed by atoms with Gasteiger partial charge in [0, 0.05) is 18.8 Å². The fourth-order valence-electron chi connectivity index (χ4n) is 1.39. The Morgan fingerprint density at radius 3 is 2.87 bits per heavy atom. The molecular weight excluding hydrogens is 194 g/mol. The van der Waals surface area contributed by atoms with Crippen molar-refractivity contribution in [2.45, 2.75) is 26.8 Å². The van der Waals surface area contributed by atoms with Gasteiger partial charge < -0.3 is 10.1 Å². The van der Waals surface area contributed by atoms with E-state index in [1.54, 1.807) is 0 Å². The highest BCUT2D eigenvalue weighted by Gasteiger charge is 2.01. The van der Waals surface area contributed by atoms with Gasteiger partial charge in [-0.15, -0.1) is 0 Å². The van der Waals surface area contributed by atoms with Gasteiger partial charge in [-0.1, -0.05) is 0 Å². The normalized spacial score (nSPS) is 10.1. The molecule has 15 heavy (non-hydrogen) atoms. The number of carbonyl (C=O) groups excluding carboxylic acids is 1. The summed E-state index contributed by atoms with van der Waals surface area (Å²) in [6, 6.07) is 2.04. The second-order valence-electron chi connectivity index (χ2n) is 3.42. The largest absolute Gasteiger partial charge is 0.453 e. The molecule has 0 aliphatic carbocycles. The van der Waals surface area contributed by atoms with Crippen molar-refractivity contribution in [2.75, 3.05) is 13.7 Å². The van der Waals surface area contributed by atoms with E-state index < -0.39 is 0 Å². The van der Waals surface area contributed by atoms with Crippen LogP contribution >= 0.6 is 0 Å². The summed E-state index contributed by atoms with van der Waals surface area (Å²) >= 11 is 0. The summed E-state index contributed by atoms with van der Waals surface area (Å²) in [4.78, 5) is 10.7. The Balaban J connectivity index is 2.26. The van der Waals surface area contributed by atoms with Crippen molar-refractivity contribution in [1.82, 2.24) is 15.1 Å². The second kappa shape index (κ2) is 5.38. The Morgan fingerprint density at radius 2 is 2.33 bits per heavy atom. The molecule has 84 valence electrons. The van der Waals surface area contributed by atoms with E-state index in [9.17, 15) is 4.79 Å². The van der Waals surface area contributed by atoms with E-state index in [1.165, 1.54) is 7.11 Å². The zero-order valence-electron chi connectivity index (χ0n) is 9.41. The number of alkyl carbamates (subject to hydrolysis) is 1. The summed E-state index contributed by atoms with van der Waals surface area (Å²) in [7, 11) is 1.36. The fourth-order valence-corrected chi connectivity index (χ4v) is 1.39. The number of carbonyl (C=O) groups is 1. The molecule has 0 radical (unpaired) electrons. The van der Waals surface area contributed by atoms with Crippen LogP contribution in [0.1, 0.15) is 17.8 Å². The summed E-state index contributed by atoms with van der Waals surface area (Å²) in [5.74, 6) is 0. The highest BCUT2D eigenvalue weighted by molar-refractivity contribution is 5.66. The molecule has 5 heteroatoms. The summed E-state index contributed by atoms with van der Waals surface area (Å²) in [5, 5.41) is 6.95. The Morgan fingerprint density at radius 1 is 1.60 bits per heavy atom. The first-order valence-electron chi connectivity index (χ1n) is 4.96. The molecule has 1 aromatic heterocycles. The highest BCUT2D eigenvalue weighted by Crippen LogP contribution is 2.02. The Labute approximate surface area is 89.4 Å². The number of amides is 1. The van der Waals surface area contributed by atoms with E-state index in [2.05, 4.69) is 15.2 Å². The van der Waals surface area contributed by atoms with Gasteiger partial charge in [0.05, 0.1) is 12.8 Å². The number of nitrogens with one attached hydrogen (secondary N) is 1. The van der Waals surface area contributed by atoms with Crippen molar-refractivity contribution < 1.29 is 9.53 Å². The van der Waals surface area contributed by atoms with Crippen LogP contribution in [0.5, 0.6) is 0 Å². The third-order valence-electron chi connectivity index (χ3n) is 2.10. The summed E-state index contributed by atoms with van der Waals surface area (Å²) in [5.41, 5.74) is 2.17. The van der Waals surface area contributed by atoms with Gasteiger partial charge >= 0.3 is 6.09 Å². The molecule has 5 nitrogen and oxygen atoms in total. The molecule has 0 spiro atoms. The molecule has 0 aliphatic rings. The lowest BCUT2D eigenvalue weighted by atomic mass is 10.4. The van der Waals surface area contributed by atoms with Gasteiger partial charge in [0.15, 0.2) is 0 Å². The number of hydrogen-bond donors (Lipinski definition) is 1. The van der Waals surface area contributed by atoms with E-state index in [4.69, 9.17) is 0 Å². The zero-order valence-corrected chi connectivity index (χ0v) is 9.41. The van der Waals surface area contributed by atoms with Crippen LogP contribution in [-0.4, -0.2) is 29.5 Å². The van der Waals surface area contributed by atoms with Crippen molar-refractivity contribution in [3.8, 4) is 0 Å². The second-order valence-corrected chi connectivity index (χ2v) is 3.42. The van der Waals surface area contributed by atoms with Crippen LogP contribution in [0.4, 0.5) is 4.79 Å². The van der Waals surface area contributed by atoms with Crippen LogP contribution in [0.15, 0.2) is 6.07 Å². The van der Waals surface area contributed by atoms with Gasteiger partial charge in [-0.3, -0.25) is 4.68 Å². The molecule has 0 atom stereocenters.